The van der Waals surface area contributed by atoms with Gasteiger partial charge in [0.15, 0.2) is 5.78 Å². The minimum Gasteiger partial charge on any atom is -0.492 e. The van der Waals surface area contributed by atoms with Gasteiger partial charge in [-0.3, -0.25) is 4.79 Å². The number of para-hydroxylation sites is 1. The first-order chi connectivity index (χ1) is 14.1. The summed E-state index contributed by atoms with van der Waals surface area (Å²) < 4.78 is 11.5. The number of ether oxygens (including phenoxy) is 2. The highest BCUT2D eigenvalue weighted by Crippen LogP contribution is 2.16. The van der Waals surface area contributed by atoms with E-state index in [1.54, 1.807) is 0 Å². The fourth-order valence-electron chi connectivity index (χ4n) is 2.99. The van der Waals surface area contributed by atoms with Crippen LogP contribution in [0.15, 0.2) is 84.9 Å². The zero-order chi connectivity index (χ0) is 20.5. The summed E-state index contributed by atoms with van der Waals surface area (Å²) in [7, 11) is 0. The Bertz CT molecular complexity index is 885. The van der Waals surface area contributed by atoms with Gasteiger partial charge in [0.05, 0.1) is 6.04 Å². The Kier molecular flexibility index (Phi) is 9.39. The van der Waals surface area contributed by atoms with Gasteiger partial charge in [-0.05, 0) is 55.8 Å². The monoisotopic (exact) mass is 425 g/mol. The van der Waals surface area contributed by atoms with Crippen molar-refractivity contribution in [2.24, 2.45) is 0 Å². The van der Waals surface area contributed by atoms with Crippen LogP contribution < -0.4 is 14.8 Å². The van der Waals surface area contributed by atoms with Gasteiger partial charge in [-0.2, -0.15) is 0 Å². The minimum atomic E-state index is -0.305. The van der Waals surface area contributed by atoms with Crippen LogP contribution in [0.4, 0.5) is 0 Å². The smallest absolute Gasteiger partial charge is 0.179 e. The highest BCUT2D eigenvalue weighted by atomic mass is 35.5. The maximum atomic E-state index is 12.7. The molecule has 0 aromatic heterocycles. The lowest BCUT2D eigenvalue weighted by Gasteiger charge is -2.20. The van der Waals surface area contributed by atoms with Crippen molar-refractivity contribution in [3.63, 3.8) is 0 Å². The lowest BCUT2D eigenvalue weighted by molar-refractivity contribution is 0.0940. The summed E-state index contributed by atoms with van der Waals surface area (Å²) in [4.78, 5) is 12.7. The van der Waals surface area contributed by atoms with Gasteiger partial charge in [0.1, 0.15) is 24.7 Å². The fourth-order valence-corrected chi connectivity index (χ4v) is 2.99. The molecule has 0 aliphatic carbocycles. The number of nitrogens with one attached hydrogen (secondary N) is 1. The summed E-state index contributed by atoms with van der Waals surface area (Å²) in [5.41, 5.74) is 1.77. The van der Waals surface area contributed by atoms with Gasteiger partial charge in [0, 0.05) is 11.6 Å². The summed E-state index contributed by atoms with van der Waals surface area (Å²) in [6.07, 6.45) is 0. The van der Waals surface area contributed by atoms with Gasteiger partial charge in [0.2, 0.25) is 0 Å². The molecule has 2 unspecified atom stereocenters. The first-order valence-electron chi connectivity index (χ1n) is 9.86. The molecule has 3 aromatic carbocycles. The van der Waals surface area contributed by atoms with Gasteiger partial charge in [0.25, 0.3) is 0 Å². The molecule has 1 N–H and O–H groups in total. The molecule has 0 saturated carbocycles. The van der Waals surface area contributed by atoms with Crippen LogP contribution in [0.5, 0.6) is 11.5 Å². The number of rotatable bonds is 10. The molecule has 0 radical (unpaired) electrons. The largest absolute Gasteiger partial charge is 0.492 e. The average Bonchev–Trinajstić information content (AvgIpc) is 2.77. The molecule has 158 valence electrons. The summed E-state index contributed by atoms with van der Waals surface area (Å²) >= 11 is 0. The van der Waals surface area contributed by atoms with Gasteiger partial charge in [-0.15, -0.1) is 12.4 Å². The third-order valence-electron chi connectivity index (χ3n) is 4.56. The van der Waals surface area contributed by atoms with Crippen molar-refractivity contribution in [2.75, 3.05) is 6.61 Å². The van der Waals surface area contributed by atoms with Crippen LogP contribution in [0.1, 0.15) is 29.8 Å². The Morgan fingerprint density at radius 1 is 0.800 bits per heavy atom. The second-order valence-electron chi connectivity index (χ2n) is 7.08. The maximum absolute atomic E-state index is 12.7. The van der Waals surface area contributed by atoms with Crippen LogP contribution in [-0.2, 0) is 6.61 Å². The molecule has 5 heteroatoms. The summed E-state index contributed by atoms with van der Waals surface area (Å²) in [5, 5.41) is 3.30. The van der Waals surface area contributed by atoms with E-state index in [1.807, 2.05) is 98.8 Å². The average molecular weight is 426 g/mol. The molecule has 0 spiro atoms. The van der Waals surface area contributed by atoms with Crippen molar-refractivity contribution >= 4 is 18.2 Å². The molecule has 4 nitrogen and oxygen atoms in total. The zero-order valence-corrected chi connectivity index (χ0v) is 18.1. The van der Waals surface area contributed by atoms with Gasteiger partial charge in [-0.25, -0.2) is 0 Å². The number of hydrogen-bond acceptors (Lipinski definition) is 4. The topological polar surface area (TPSA) is 47.6 Å². The van der Waals surface area contributed by atoms with Gasteiger partial charge < -0.3 is 14.8 Å². The normalized spacial score (nSPS) is 12.3. The van der Waals surface area contributed by atoms with E-state index >= 15 is 0 Å². The first-order valence-corrected chi connectivity index (χ1v) is 9.86. The SMILES string of the molecule is CC(COc1ccccc1)NC(C)C(=O)c1ccc(OCc2ccccc2)cc1.Cl. The van der Waals surface area contributed by atoms with E-state index in [0.29, 0.717) is 18.8 Å². The number of hydrogen-bond donors (Lipinski definition) is 1. The molecule has 2 atom stereocenters. The highest BCUT2D eigenvalue weighted by molar-refractivity contribution is 5.99. The van der Waals surface area contributed by atoms with Gasteiger partial charge in [-0.1, -0.05) is 48.5 Å². The van der Waals surface area contributed by atoms with E-state index in [4.69, 9.17) is 9.47 Å². The second-order valence-corrected chi connectivity index (χ2v) is 7.08. The third-order valence-corrected chi connectivity index (χ3v) is 4.56. The molecule has 0 bridgehead atoms. The van der Waals surface area contributed by atoms with Crippen LogP contribution >= 0.6 is 12.4 Å². The van der Waals surface area contributed by atoms with E-state index < -0.39 is 0 Å². The number of halogens is 1. The zero-order valence-electron chi connectivity index (χ0n) is 17.3. The summed E-state index contributed by atoms with van der Waals surface area (Å²) in [6.45, 7) is 4.88. The Morgan fingerprint density at radius 2 is 1.37 bits per heavy atom. The van der Waals surface area contributed by atoms with Crippen molar-refractivity contribution in [2.45, 2.75) is 32.5 Å². The Morgan fingerprint density at radius 3 is 2.00 bits per heavy atom. The lowest BCUT2D eigenvalue weighted by atomic mass is 10.0. The van der Waals surface area contributed by atoms with Crippen molar-refractivity contribution < 1.29 is 14.3 Å². The Labute approximate surface area is 184 Å². The van der Waals surface area contributed by atoms with Crippen LogP contribution in [-0.4, -0.2) is 24.5 Å². The quantitative estimate of drug-likeness (QED) is 0.447. The molecular weight excluding hydrogens is 398 g/mol. The van der Waals surface area contributed by atoms with E-state index in [0.717, 1.165) is 17.1 Å². The maximum Gasteiger partial charge on any atom is 0.179 e. The second kappa shape index (κ2) is 12.0. The van der Waals surface area contributed by atoms with Crippen LogP contribution in [0.3, 0.4) is 0 Å². The van der Waals surface area contributed by atoms with E-state index in [1.165, 1.54) is 0 Å². The van der Waals surface area contributed by atoms with E-state index in [-0.39, 0.29) is 30.3 Å². The molecule has 3 rings (SSSR count). The van der Waals surface area contributed by atoms with Crippen LogP contribution in [0.2, 0.25) is 0 Å². The van der Waals surface area contributed by atoms with Crippen molar-refractivity contribution in [1.29, 1.82) is 0 Å². The third kappa shape index (κ3) is 7.21. The Hall–Kier alpha value is -2.82. The standard InChI is InChI=1S/C25H27NO3.ClH/c1-19(17-28-23-11-7-4-8-12-23)26-20(2)25(27)22-13-15-24(16-14-22)29-18-21-9-5-3-6-10-21;/h3-16,19-20,26H,17-18H2,1-2H3;1H. The number of carbonyl (C=O) groups is 1. The van der Waals surface area contributed by atoms with E-state index in [2.05, 4.69) is 5.32 Å². The number of benzene rings is 3. The van der Waals surface area contributed by atoms with Crippen molar-refractivity contribution in [1.82, 2.24) is 5.32 Å². The molecule has 0 saturated heterocycles. The number of carbonyl (C=O) groups excluding carboxylic acids is 1. The molecule has 0 heterocycles. The van der Waals surface area contributed by atoms with Crippen molar-refractivity contribution in [3.05, 3.63) is 96.1 Å². The predicted molar refractivity (Wildman–Crippen MR) is 123 cm³/mol. The van der Waals surface area contributed by atoms with Crippen LogP contribution in [0, 0.1) is 0 Å². The number of Topliss-reactive ketones (excluding diaryl/α,β-unsaturated/α-hetero) is 1. The molecule has 3 aromatic rings. The molecule has 0 fully saturated rings. The Balaban J connectivity index is 0.00000320. The fraction of sp³-hybridized carbons (Fsp3) is 0.240. The summed E-state index contributed by atoms with van der Waals surface area (Å²) in [5.74, 6) is 1.62. The summed E-state index contributed by atoms with van der Waals surface area (Å²) in [6, 6.07) is 26.7. The predicted octanol–water partition coefficient (Wildman–Crippen LogP) is 5.32. The molecule has 30 heavy (non-hydrogen) atoms. The minimum absolute atomic E-state index is 0. The van der Waals surface area contributed by atoms with Crippen molar-refractivity contribution in [3.8, 4) is 11.5 Å². The lowest BCUT2D eigenvalue weighted by Crippen LogP contribution is -2.42. The molecule has 0 amide bonds. The molecular formula is C25H28ClNO3. The first kappa shape index (κ1) is 23.5. The highest BCUT2D eigenvalue weighted by Gasteiger charge is 2.17. The molecule has 0 aliphatic rings. The van der Waals surface area contributed by atoms with E-state index in [9.17, 15) is 4.79 Å². The van der Waals surface area contributed by atoms with Crippen LogP contribution in [0.25, 0.3) is 0 Å². The number of ketones is 1. The molecule has 0 aliphatic heterocycles. The van der Waals surface area contributed by atoms with Gasteiger partial charge >= 0.3 is 0 Å².